The number of carbonyl (C=O) groups is 1. The Labute approximate surface area is 96.6 Å². The smallest absolute Gasteiger partial charge is 0.360 e. The van der Waals surface area contributed by atoms with E-state index in [1.165, 1.54) is 18.0 Å². The molecule has 6 heteroatoms. The number of ether oxygens (including phenoxy) is 1. The van der Waals surface area contributed by atoms with Gasteiger partial charge in [0.1, 0.15) is 0 Å². The number of aromatic nitrogens is 3. The number of carbonyl (C=O) groups excluding carboxylic acids is 1. The van der Waals surface area contributed by atoms with Crippen molar-refractivity contribution in [2.45, 2.75) is 0 Å². The van der Waals surface area contributed by atoms with Crippen molar-refractivity contribution in [2.24, 2.45) is 0 Å². The van der Waals surface area contributed by atoms with Gasteiger partial charge in [0, 0.05) is 5.02 Å². The van der Waals surface area contributed by atoms with Gasteiger partial charge in [-0.25, -0.2) is 9.48 Å². The van der Waals surface area contributed by atoms with Crippen molar-refractivity contribution in [3.05, 3.63) is 41.2 Å². The van der Waals surface area contributed by atoms with E-state index in [2.05, 4.69) is 15.0 Å². The van der Waals surface area contributed by atoms with E-state index >= 15 is 0 Å². The van der Waals surface area contributed by atoms with Crippen molar-refractivity contribution in [2.75, 3.05) is 7.11 Å². The first-order chi connectivity index (χ1) is 7.70. The van der Waals surface area contributed by atoms with Gasteiger partial charge in [-0.15, -0.1) is 5.10 Å². The summed E-state index contributed by atoms with van der Waals surface area (Å²) in [7, 11) is 1.30. The Morgan fingerprint density at radius 3 is 2.69 bits per heavy atom. The van der Waals surface area contributed by atoms with Crippen LogP contribution in [0.2, 0.25) is 5.02 Å². The molecule has 2 rings (SSSR count). The Hall–Kier alpha value is -1.88. The number of hydrogen-bond acceptors (Lipinski definition) is 4. The SMILES string of the molecule is COC(=O)c1cn(-c2ccc(Cl)cc2)nn1. The molecule has 0 spiro atoms. The lowest BCUT2D eigenvalue weighted by Gasteiger charge is -1.98. The topological polar surface area (TPSA) is 57.0 Å². The van der Waals surface area contributed by atoms with Crippen molar-refractivity contribution in [1.29, 1.82) is 0 Å². The molecule has 0 radical (unpaired) electrons. The fourth-order valence-electron chi connectivity index (χ4n) is 1.18. The second kappa shape index (κ2) is 4.32. The van der Waals surface area contributed by atoms with Crippen molar-refractivity contribution < 1.29 is 9.53 Å². The molecular weight excluding hydrogens is 230 g/mol. The van der Waals surface area contributed by atoms with Crippen molar-refractivity contribution >= 4 is 17.6 Å². The molecule has 2 aromatic rings. The van der Waals surface area contributed by atoms with E-state index in [0.29, 0.717) is 5.02 Å². The van der Waals surface area contributed by atoms with Gasteiger partial charge in [-0.2, -0.15) is 0 Å². The molecule has 0 bridgehead atoms. The molecule has 0 aliphatic rings. The number of esters is 1. The van der Waals surface area contributed by atoms with E-state index in [4.69, 9.17) is 11.6 Å². The highest BCUT2D eigenvalue weighted by Gasteiger charge is 2.10. The normalized spacial score (nSPS) is 10.1. The highest BCUT2D eigenvalue weighted by Crippen LogP contribution is 2.12. The highest BCUT2D eigenvalue weighted by atomic mass is 35.5. The van der Waals surface area contributed by atoms with Crippen LogP contribution in [0.25, 0.3) is 5.69 Å². The molecule has 0 saturated carbocycles. The summed E-state index contributed by atoms with van der Waals surface area (Å²) in [5.74, 6) is -0.514. The van der Waals surface area contributed by atoms with Crippen LogP contribution in [0.5, 0.6) is 0 Å². The summed E-state index contributed by atoms with van der Waals surface area (Å²) in [6.07, 6.45) is 1.50. The first-order valence-electron chi connectivity index (χ1n) is 4.47. The third-order valence-corrected chi connectivity index (χ3v) is 2.23. The van der Waals surface area contributed by atoms with E-state index in [1.54, 1.807) is 24.3 Å². The standard InChI is InChI=1S/C10H8ClN3O2/c1-16-10(15)9-6-14(13-12-9)8-4-2-7(11)3-5-8/h2-6H,1H3. The fraction of sp³-hybridized carbons (Fsp3) is 0.100. The van der Waals surface area contributed by atoms with Crippen molar-refractivity contribution in [3.63, 3.8) is 0 Å². The predicted molar refractivity (Wildman–Crippen MR) is 57.7 cm³/mol. The monoisotopic (exact) mass is 237 g/mol. The van der Waals surface area contributed by atoms with Crippen LogP contribution in [0.15, 0.2) is 30.5 Å². The molecule has 1 aromatic heterocycles. The molecule has 0 atom stereocenters. The van der Waals surface area contributed by atoms with E-state index in [-0.39, 0.29) is 5.69 Å². The predicted octanol–water partition coefficient (Wildman–Crippen LogP) is 1.71. The summed E-state index contributed by atoms with van der Waals surface area (Å²) in [4.78, 5) is 11.2. The third kappa shape index (κ3) is 2.04. The zero-order valence-corrected chi connectivity index (χ0v) is 9.18. The van der Waals surface area contributed by atoms with Gasteiger partial charge in [0.25, 0.3) is 0 Å². The second-order valence-electron chi connectivity index (χ2n) is 3.02. The van der Waals surface area contributed by atoms with Crippen LogP contribution in [0.4, 0.5) is 0 Å². The molecule has 0 aliphatic carbocycles. The summed E-state index contributed by atoms with van der Waals surface area (Å²) in [6, 6.07) is 7.02. The van der Waals surface area contributed by atoms with Crippen LogP contribution >= 0.6 is 11.6 Å². The fourth-order valence-corrected chi connectivity index (χ4v) is 1.31. The van der Waals surface area contributed by atoms with Crippen LogP contribution < -0.4 is 0 Å². The molecule has 0 fully saturated rings. The molecule has 0 N–H and O–H groups in total. The van der Waals surface area contributed by atoms with Gasteiger partial charge in [0.15, 0.2) is 5.69 Å². The maximum absolute atomic E-state index is 11.2. The summed E-state index contributed by atoms with van der Waals surface area (Å²) >= 11 is 5.76. The molecule has 0 aliphatic heterocycles. The Kier molecular flexibility index (Phi) is 2.87. The average Bonchev–Trinajstić information content (AvgIpc) is 2.78. The molecule has 0 unspecified atom stereocenters. The zero-order valence-electron chi connectivity index (χ0n) is 8.42. The van der Waals surface area contributed by atoms with E-state index in [9.17, 15) is 4.79 Å². The number of benzene rings is 1. The number of nitrogens with zero attached hydrogens (tertiary/aromatic N) is 3. The Balaban J connectivity index is 2.31. The van der Waals surface area contributed by atoms with Gasteiger partial charge >= 0.3 is 5.97 Å². The molecule has 0 saturated heterocycles. The summed E-state index contributed by atoms with van der Waals surface area (Å²) in [5, 5.41) is 8.14. The number of methoxy groups -OCH3 is 1. The molecule has 16 heavy (non-hydrogen) atoms. The van der Waals surface area contributed by atoms with Gasteiger partial charge in [-0.05, 0) is 24.3 Å². The van der Waals surface area contributed by atoms with Crippen molar-refractivity contribution in [1.82, 2.24) is 15.0 Å². The van der Waals surface area contributed by atoms with Gasteiger partial charge in [-0.3, -0.25) is 0 Å². The van der Waals surface area contributed by atoms with E-state index in [1.807, 2.05) is 0 Å². The number of hydrogen-bond donors (Lipinski definition) is 0. The number of rotatable bonds is 2. The molecule has 0 amide bonds. The maximum Gasteiger partial charge on any atom is 0.360 e. The molecule has 1 heterocycles. The summed E-state index contributed by atoms with van der Waals surface area (Å²) in [6.45, 7) is 0. The minimum absolute atomic E-state index is 0.164. The van der Waals surface area contributed by atoms with Crippen LogP contribution in [-0.4, -0.2) is 28.1 Å². The Bertz CT molecular complexity index is 507. The van der Waals surface area contributed by atoms with Gasteiger partial charge < -0.3 is 4.74 Å². The highest BCUT2D eigenvalue weighted by molar-refractivity contribution is 6.30. The van der Waals surface area contributed by atoms with E-state index < -0.39 is 5.97 Å². The summed E-state index contributed by atoms with van der Waals surface area (Å²) in [5.41, 5.74) is 0.935. The first kappa shape index (κ1) is 10.6. The van der Waals surface area contributed by atoms with Gasteiger partial charge in [0.2, 0.25) is 0 Å². The third-order valence-electron chi connectivity index (χ3n) is 1.98. The van der Waals surface area contributed by atoms with Gasteiger partial charge in [-0.1, -0.05) is 16.8 Å². The lowest BCUT2D eigenvalue weighted by atomic mass is 10.3. The minimum Gasteiger partial charge on any atom is -0.464 e. The van der Waals surface area contributed by atoms with Gasteiger partial charge in [0.05, 0.1) is 19.0 Å². The largest absolute Gasteiger partial charge is 0.464 e. The Morgan fingerprint density at radius 2 is 2.06 bits per heavy atom. The molecular formula is C10H8ClN3O2. The molecule has 1 aromatic carbocycles. The maximum atomic E-state index is 11.2. The molecule has 5 nitrogen and oxygen atoms in total. The average molecular weight is 238 g/mol. The van der Waals surface area contributed by atoms with Crippen LogP contribution in [0.1, 0.15) is 10.5 Å². The zero-order chi connectivity index (χ0) is 11.5. The lowest BCUT2D eigenvalue weighted by molar-refractivity contribution is 0.0594. The lowest BCUT2D eigenvalue weighted by Crippen LogP contribution is -2.01. The Morgan fingerprint density at radius 1 is 1.38 bits per heavy atom. The quantitative estimate of drug-likeness (QED) is 0.746. The van der Waals surface area contributed by atoms with E-state index in [0.717, 1.165) is 5.69 Å². The van der Waals surface area contributed by atoms with Crippen LogP contribution in [0.3, 0.4) is 0 Å². The van der Waals surface area contributed by atoms with Crippen molar-refractivity contribution in [3.8, 4) is 5.69 Å². The number of halogens is 1. The second-order valence-corrected chi connectivity index (χ2v) is 3.45. The first-order valence-corrected chi connectivity index (χ1v) is 4.85. The molecule has 82 valence electrons. The summed E-state index contributed by atoms with van der Waals surface area (Å²) < 4.78 is 6.00. The van der Waals surface area contributed by atoms with Crippen LogP contribution in [-0.2, 0) is 4.74 Å². The minimum atomic E-state index is -0.514. The van der Waals surface area contributed by atoms with Crippen LogP contribution in [0, 0.1) is 0 Å².